The van der Waals surface area contributed by atoms with Crippen LogP contribution in [-0.2, 0) is 29.1 Å². The van der Waals surface area contributed by atoms with Crippen LogP contribution >= 0.6 is 0 Å². The molecule has 0 spiro atoms. The van der Waals surface area contributed by atoms with E-state index in [1.165, 1.54) is 25.2 Å². The highest BCUT2D eigenvalue weighted by atomic mass is 32.2. The Morgan fingerprint density at radius 1 is 1.25 bits per heavy atom. The number of amides is 2. The molecule has 28 heavy (non-hydrogen) atoms. The number of ether oxygens (including phenoxy) is 2. The van der Waals surface area contributed by atoms with E-state index >= 15 is 0 Å². The van der Waals surface area contributed by atoms with Gasteiger partial charge >= 0.3 is 18.0 Å². The van der Waals surface area contributed by atoms with Crippen molar-refractivity contribution in [2.75, 3.05) is 13.2 Å². The molecule has 0 fully saturated rings. The van der Waals surface area contributed by atoms with E-state index in [4.69, 9.17) is 14.6 Å². The quantitative estimate of drug-likeness (QED) is 0.355. The van der Waals surface area contributed by atoms with Crippen LogP contribution in [0.15, 0.2) is 49.2 Å². The van der Waals surface area contributed by atoms with Gasteiger partial charge in [-0.3, -0.25) is 0 Å². The minimum atomic E-state index is -3.72. The number of primary sulfonamides is 1. The zero-order chi connectivity index (χ0) is 21.4. The van der Waals surface area contributed by atoms with Crippen molar-refractivity contribution >= 4 is 28.0 Å². The molecule has 0 radical (unpaired) electrons. The maximum absolute atomic E-state index is 12.3. The summed E-state index contributed by atoms with van der Waals surface area (Å²) in [6.45, 7) is 7.46. The van der Waals surface area contributed by atoms with Crippen LogP contribution in [0.5, 0.6) is 0 Å². The summed E-state index contributed by atoms with van der Waals surface area (Å²) in [5.41, 5.74) is -0.894. The van der Waals surface area contributed by atoms with E-state index in [1.54, 1.807) is 0 Å². The normalized spacial score (nSPS) is 16.4. The van der Waals surface area contributed by atoms with Crippen LogP contribution in [0.2, 0.25) is 0 Å². The molecule has 1 aliphatic rings. The molecule has 0 saturated carbocycles. The second-order valence-electron chi connectivity index (χ2n) is 6.15. The summed E-state index contributed by atoms with van der Waals surface area (Å²) in [6, 6.07) is -0.684. The number of rotatable bonds is 9. The van der Waals surface area contributed by atoms with Gasteiger partial charge in [0.1, 0.15) is 18.8 Å². The van der Waals surface area contributed by atoms with Crippen molar-refractivity contribution in [2.24, 2.45) is 5.14 Å². The fraction of sp³-hybridized carbons (Fsp3) is 0.353. The van der Waals surface area contributed by atoms with Gasteiger partial charge < -0.3 is 20.1 Å². The van der Waals surface area contributed by atoms with Gasteiger partial charge in [-0.1, -0.05) is 25.3 Å². The number of carbonyl (C=O) groups excluding carboxylic acids is 3. The third kappa shape index (κ3) is 7.76. The Balaban J connectivity index is 2.74. The third-order valence-corrected chi connectivity index (χ3v) is 4.75. The summed E-state index contributed by atoms with van der Waals surface area (Å²) in [6.07, 6.45) is 6.29. The number of sulfonamides is 1. The number of carbonyl (C=O) groups is 3. The lowest BCUT2D eigenvalue weighted by molar-refractivity contribution is -0.144. The molecule has 2 amide bonds. The van der Waals surface area contributed by atoms with Gasteiger partial charge in [0.15, 0.2) is 0 Å². The van der Waals surface area contributed by atoms with E-state index in [2.05, 4.69) is 23.8 Å². The zero-order valence-corrected chi connectivity index (χ0v) is 16.2. The van der Waals surface area contributed by atoms with E-state index in [9.17, 15) is 22.8 Å². The second kappa shape index (κ2) is 9.85. The summed E-state index contributed by atoms with van der Waals surface area (Å²) in [4.78, 5) is 34.9. The standard InChI is InChI=1S/C17H23N3O7S/c1-4-14(21)26-10-17(3,11-27-15(22)5-2)20-16(23)19-12-6-8-13(9-7-12)28(18,24)25/h4-8,13H,1-2,9-11H2,3H3,(H2,18,24,25)(H2,19,20,23). The number of hydrogen-bond donors (Lipinski definition) is 3. The van der Waals surface area contributed by atoms with Gasteiger partial charge in [-0.25, -0.2) is 27.9 Å². The number of esters is 2. The summed E-state index contributed by atoms with van der Waals surface area (Å²) < 4.78 is 32.5. The first-order valence-corrected chi connectivity index (χ1v) is 9.67. The highest BCUT2D eigenvalue weighted by Gasteiger charge is 2.30. The van der Waals surface area contributed by atoms with Crippen LogP contribution < -0.4 is 15.8 Å². The first kappa shape index (κ1) is 23.1. The molecule has 0 saturated heterocycles. The lowest BCUT2D eigenvalue weighted by Crippen LogP contribution is -2.56. The maximum Gasteiger partial charge on any atom is 0.330 e. The number of allylic oxidation sites excluding steroid dienone is 2. The van der Waals surface area contributed by atoms with Crippen LogP contribution in [0, 0.1) is 0 Å². The molecule has 11 heteroatoms. The summed E-state index contributed by atoms with van der Waals surface area (Å²) in [7, 11) is -3.72. The Labute approximate surface area is 163 Å². The Hall–Kier alpha value is -2.92. The van der Waals surface area contributed by atoms with Crippen molar-refractivity contribution in [2.45, 2.75) is 24.1 Å². The van der Waals surface area contributed by atoms with Crippen molar-refractivity contribution in [1.82, 2.24) is 10.6 Å². The van der Waals surface area contributed by atoms with Crippen molar-refractivity contribution in [3.63, 3.8) is 0 Å². The van der Waals surface area contributed by atoms with Crippen LogP contribution in [0.25, 0.3) is 0 Å². The van der Waals surface area contributed by atoms with Crippen molar-refractivity contribution < 1.29 is 32.3 Å². The Kier molecular flexibility index (Phi) is 8.14. The molecule has 0 aliphatic heterocycles. The molecule has 0 aromatic heterocycles. The molecule has 1 rings (SSSR count). The number of hydrogen-bond acceptors (Lipinski definition) is 7. The predicted molar refractivity (Wildman–Crippen MR) is 101 cm³/mol. The third-order valence-electron chi connectivity index (χ3n) is 3.55. The average Bonchev–Trinajstić information content (AvgIpc) is 2.63. The van der Waals surface area contributed by atoms with Crippen LogP contribution in [0.1, 0.15) is 13.3 Å². The molecule has 0 aromatic carbocycles. The largest absolute Gasteiger partial charge is 0.460 e. The van der Waals surface area contributed by atoms with Gasteiger partial charge in [0.05, 0.1) is 5.25 Å². The first-order chi connectivity index (χ1) is 13.0. The van der Waals surface area contributed by atoms with Gasteiger partial charge in [0.25, 0.3) is 0 Å². The number of nitrogens with one attached hydrogen (secondary N) is 2. The van der Waals surface area contributed by atoms with Crippen molar-refractivity contribution in [1.29, 1.82) is 0 Å². The average molecular weight is 413 g/mol. The lowest BCUT2D eigenvalue weighted by atomic mass is 10.1. The molecule has 1 atom stereocenters. The monoisotopic (exact) mass is 413 g/mol. The highest BCUT2D eigenvalue weighted by molar-refractivity contribution is 7.89. The SMILES string of the molecule is C=CC(=O)OCC(C)(COC(=O)C=C)NC(=O)NC1=CCC(S(N)(=O)=O)C=C1. The van der Waals surface area contributed by atoms with Gasteiger partial charge in [0, 0.05) is 17.8 Å². The van der Waals surface area contributed by atoms with Gasteiger partial charge in [-0.15, -0.1) is 0 Å². The van der Waals surface area contributed by atoms with Crippen molar-refractivity contribution in [3.8, 4) is 0 Å². The molecule has 0 bridgehead atoms. The molecule has 0 heterocycles. The Morgan fingerprint density at radius 2 is 1.79 bits per heavy atom. The zero-order valence-electron chi connectivity index (χ0n) is 15.3. The summed E-state index contributed by atoms with van der Waals surface area (Å²) in [5.74, 6) is -1.43. The summed E-state index contributed by atoms with van der Waals surface area (Å²) in [5, 5.41) is 9.28. The molecule has 0 aromatic rings. The highest BCUT2D eigenvalue weighted by Crippen LogP contribution is 2.14. The van der Waals surface area contributed by atoms with E-state index in [1.807, 2.05) is 0 Å². The molecule has 10 nitrogen and oxygen atoms in total. The van der Waals surface area contributed by atoms with E-state index < -0.39 is 38.8 Å². The molecule has 1 unspecified atom stereocenters. The smallest absolute Gasteiger partial charge is 0.330 e. The topological polar surface area (TPSA) is 154 Å². The molecule has 1 aliphatic carbocycles. The second-order valence-corrected chi connectivity index (χ2v) is 7.93. The molecular formula is C17H23N3O7S. The van der Waals surface area contributed by atoms with Crippen LogP contribution in [-0.4, -0.2) is 50.4 Å². The van der Waals surface area contributed by atoms with E-state index in [-0.39, 0.29) is 19.6 Å². The lowest BCUT2D eigenvalue weighted by Gasteiger charge is -2.29. The van der Waals surface area contributed by atoms with Crippen LogP contribution in [0.4, 0.5) is 4.79 Å². The fourth-order valence-electron chi connectivity index (χ4n) is 2.07. The van der Waals surface area contributed by atoms with E-state index in [0.717, 1.165) is 12.2 Å². The number of nitrogens with two attached hydrogens (primary N) is 1. The fourth-order valence-corrected chi connectivity index (χ4v) is 2.73. The summed E-state index contributed by atoms with van der Waals surface area (Å²) >= 11 is 0. The minimum Gasteiger partial charge on any atom is -0.460 e. The van der Waals surface area contributed by atoms with Gasteiger partial charge in [-0.05, 0) is 19.4 Å². The van der Waals surface area contributed by atoms with Gasteiger partial charge in [0.2, 0.25) is 10.0 Å². The molecule has 154 valence electrons. The van der Waals surface area contributed by atoms with Crippen LogP contribution in [0.3, 0.4) is 0 Å². The molecule has 4 N–H and O–H groups in total. The number of urea groups is 1. The minimum absolute atomic E-state index is 0.107. The Morgan fingerprint density at radius 3 is 2.18 bits per heavy atom. The Bertz CT molecular complexity index is 791. The molecular weight excluding hydrogens is 390 g/mol. The van der Waals surface area contributed by atoms with E-state index in [0.29, 0.717) is 5.70 Å². The maximum atomic E-state index is 12.3. The predicted octanol–water partition coefficient (Wildman–Crippen LogP) is 0.00360. The van der Waals surface area contributed by atoms with Gasteiger partial charge in [-0.2, -0.15) is 0 Å². The first-order valence-electron chi connectivity index (χ1n) is 8.06. The van der Waals surface area contributed by atoms with Crippen molar-refractivity contribution in [3.05, 3.63) is 49.2 Å².